The van der Waals surface area contributed by atoms with Gasteiger partial charge in [-0.05, 0) is 49.9 Å². The first-order valence-electron chi connectivity index (χ1n) is 10.3. The quantitative estimate of drug-likeness (QED) is 0.669. The molecule has 1 aromatic heterocycles. The van der Waals surface area contributed by atoms with Gasteiger partial charge in [-0.15, -0.1) is 0 Å². The normalized spacial score (nSPS) is 14.9. The van der Waals surface area contributed by atoms with E-state index >= 15 is 0 Å². The zero-order valence-electron chi connectivity index (χ0n) is 18.2. The Hall–Kier alpha value is -3.48. The van der Waals surface area contributed by atoms with Gasteiger partial charge in [-0.2, -0.15) is 0 Å². The van der Waals surface area contributed by atoms with Crippen molar-refractivity contribution in [3.8, 4) is 17.2 Å². The van der Waals surface area contributed by atoms with Crippen molar-refractivity contribution in [3.63, 3.8) is 0 Å². The SMILES string of the molecule is CCn1cc(OC(=O)NC2CCc3cc(C)ccc32)c2cc(OC)c(OC)cc2c1=O. The average molecular weight is 422 g/mol. The van der Waals surface area contributed by atoms with Crippen LogP contribution < -0.4 is 25.1 Å². The lowest BCUT2D eigenvalue weighted by molar-refractivity contribution is 0.196. The molecular weight excluding hydrogens is 396 g/mol. The zero-order chi connectivity index (χ0) is 22.1. The van der Waals surface area contributed by atoms with Gasteiger partial charge in [0.25, 0.3) is 5.56 Å². The molecule has 0 aliphatic heterocycles. The second-order valence-corrected chi connectivity index (χ2v) is 7.66. The number of hydrogen-bond acceptors (Lipinski definition) is 5. The van der Waals surface area contributed by atoms with Gasteiger partial charge in [-0.25, -0.2) is 4.79 Å². The minimum Gasteiger partial charge on any atom is -0.493 e. The molecule has 7 heteroatoms. The summed E-state index contributed by atoms with van der Waals surface area (Å²) in [5.74, 6) is 1.18. The van der Waals surface area contributed by atoms with E-state index < -0.39 is 6.09 Å². The van der Waals surface area contributed by atoms with Gasteiger partial charge in [0.15, 0.2) is 17.2 Å². The molecule has 1 unspecified atom stereocenters. The van der Waals surface area contributed by atoms with E-state index in [1.165, 1.54) is 29.9 Å². The summed E-state index contributed by atoms with van der Waals surface area (Å²) in [7, 11) is 3.03. The number of hydrogen-bond donors (Lipinski definition) is 1. The van der Waals surface area contributed by atoms with Crippen LogP contribution in [0.3, 0.4) is 0 Å². The molecule has 0 bridgehead atoms. The smallest absolute Gasteiger partial charge is 0.413 e. The van der Waals surface area contributed by atoms with Crippen LogP contribution in [0.25, 0.3) is 10.8 Å². The van der Waals surface area contributed by atoms with Gasteiger partial charge in [0.1, 0.15) is 0 Å². The van der Waals surface area contributed by atoms with Crippen LogP contribution in [0.4, 0.5) is 4.79 Å². The van der Waals surface area contributed by atoms with Crippen LogP contribution in [0.5, 0.6) is 17.2 Å². The number of carbonyl (C=O) groups excluding carboxylic acids is 1. The standard InChI is InChI=1S/C24H26N2O5/c1-5-26-13-22(17-11-20(29-3)21(30-4)12-18(17)23(26)27)31-24(28)25-19-9-7-15-10-14(2)6-8-16(15)19/h6,8,10-13,19H,5,7,9H2,1-4H3,(H,25,28). The predicted octanol–water partition coefficient (Wildman–Crippen LogP) is 4.12. The topological polar surface area (TPSA) is 78.8 Å². The Bertz CT molecular complexity index is 1210. The van der Waals surface area contributed by atoms with Gasteiger partial charge < -0.3 is 24.1 Å². The van der Waals surface area contributed by atoms with E-state index in [-0.39, 0.29) is 17.4 Å². The van der Waals surface area contributed by atoms with E-state index in [9.17, 15) is 9.59 Å². The van der Waals surface area contributed by atoms with Crippen LogP contribution in [-0.4, -0.2) is 24.9 Å². The third-order valence-corrected chi connectivity index (χ3v) is 5.77. The molecule has 1 amide bonds. The number of fused-ring (bicyclic) bond motifs is 2. The highest BCUT2D eigenvalue weighted by molar-refractivity contribution is 5.92. The van der Waals surface area contributed by atoms with Crippen molar-refractivity contribution in [2.24, 2.45) is 0 Å². The maximum atomic E-state index is 12.8. The molecule has 1 heterocycles. The Labute approximate surface area is 180 Å². The third kappa shape index (κ3) is 3.83. The van der Waals surface area contributed by atoms with Crippen LogP contribution in [0.2, 0.25) is 0 Å². The fourth-order valence-corrected chi connectivity index (χ4v) is 4.17. The maximum absolute atomic E-state index is 12.8. The summed E-state index contributed by atoms with van der Waals surface area (Å²) in [6, 6.07) is 9.45. The average Bonchev–Trinajstić information content (AvgIpc) is 3.16. The Morgan fingerprint density at radius 2 is 1.81 bits per heavy atom. The molecule has 7 nitrogen and oxygen atoms in total. The summed E-state index contributed by atoms with van der Waals surface area (Å²) >= 11 is 0. The number of pyridine rings is 1. The van der Waals surface area contributed by atoms with Crippen molar-refractivity contribution in [2.45, 2.75) is 39.3 Å². The number of aromatic nitrogens is 1. The first kappa shape index (κ1) is 20.8. The van der Waals surface area contributed by atoms with Gasteiger partial charge >= 0.3 is 6.09 Å². The first-order valence-corrected chi connectivity index (χ1v) is 10.3. The highest BCUT2D eigenvalue weighted by Crippen LogP contribution is 2.35. The number of amides is 1. The zero-order valence-corrected chi connectivity index (χ0v) is 18.2. The lowest BCUT2D eigenvalue weighted by Crippen LogP contribution is -2.30. The van der Waals surface area contributed by atoms with E-state index in [4.69, 9.17) is 14.2 Å². The van der Waals surface area contributed by atoms with Crippen molar-refractivity contribution < 1.29 is 19.0 Å². The van der Waals surface area contributed by atoms with Gasteiger partial charge in [0, 0.05) is 11.9 Å². The molecule has 1 aliphatic carbocycles. The number of benzene rings is 2. The lowest BCUT2D eigenvalue weighted by Gasteiger charge is -2.17. The molecule has 0 spiro atoms. The fourth-order valence-electron chi connectivity index (χ4n) is 4.17. The summed E-state index contributed by atoms with van der Waals surface area (Å²) in [5.41, 5.74) is 3.40. The Kier molecular flexibility index (Phi) is 5.59. The molecule has 1 N–H and O–H groups in total. The van der Waals surface area contributed by atoms with Crippen LogP contribution in [0.15, 0.2) is 41.3 Å². The van der Waals surface area contributed by atoms with Crippen molar-refractivity contribution in [1.29, 1.82) is 0 Å². The third-order valence-electron chi connectivity index (χ3n) is 5.77. The minimum atomic E-state index is -0.559. The molecular formula is C24H26N2O5. The molecule has 2 aromatic carbocycles. The molecule has 0 radical (unpaired) electrons. The molecule has 4 rings (SSSR count). The number of carbonyl (C=O) groups is 1. The van der Waals surface area contributed by atoms with Crippen LogP contribution in [0, 0.1) is 6.92 Å². The van der Waals surface area contributed by atoms with E-state index in [0.717, 1.165) is 18.4 Å². The molecule has 0 saturated heterocycles. The van der Waals surface area contributed by atoms with Crippen molar-refractivity contribution in [1.82, 2.24) is 9.88 Å². The number of ether oxygens (including phenoxy) is 3. The number of nitrogens with one attached hydrogen (secondary N) is 1. The molecule has 1 atom stereocenters. The summed E-state index contributed by atoms with van der Waals surface area (Å²) < 4.78 is 17.9. The maximum Gasteiger partial charge on any atom is 0.413 e. The minimum absolute atomic E-state index is 0.0962. The second kappa shape index (κ2) is 8.34. The summed E-state index contributed by atoms with van der Waals surface area (Å²) in [6.07, 6.45) is 2.74. The second-order valence-electron chi connectivity index (χ2n) is 7.66. The number of rotatable bonds is 5. The van der Waals surface area contributed by atoms with E-state index in [0.29, 0.717) is 28.8 Å². The monoisotopic (exact) mass is 422 g/mol. The van der Waals surface area contributed by atoms with E-state index in [1.807, 2.05) is 6.92 Å². The van der Waals surface area contributed by atoms with Crippen LogP contribution >= 0.6 is 0 Å². The highest BCUT2D eigenvalue weighted by Gasteiger charge is 2.25. The van der Waals surface area contributed by atoms with Crippen LogP contribution in [0.1, 0.15) is 36.1 Å². The number of aryl methyl sites for hydroxylation is 3. The van der Waals surface area contributed by atoms with Gasteiger partial charge in [-0.3, -0.25) is 4.79 Å². The highest BCUT2D eigenvalue weighted by atomic mass is 16.6. The molecule has 162 valence electrons. The Balaban J connectivity index is 1.67. The summed E-state index contributed by atoms with van der Waals surface area (Å²) in [4.78, 5) is 25.6. The van der Waals surface area contributed by atoms with Gasteiger partial charge in [-0.1, -0.05) is 23.8 Å². The molecule has 3 aromatic rings. The number of methoxy groups -OCH3 is 2. The van der Waals surface area contributed by atoms with Crippen molar-refractivity contribution >= 4 is 16.9 Å². The number of nitrogens with zero attached hydrogens (tertiary/aromatic N) is 1. The van der Waals surface area contributed by atoms with E-state index in [1.54, 1.807) is 18.3 Å². The Morgan fingerprint density at radius 3 is 2.48 bits per heavy atom. The Morgan fingerprint density at radius 1 is 1.10 bits per heavy atom. The van der Waals surface area contributed by atoms with Crippen molar-refractivity contribution in [2.75, 3.05) is 14.2 Å². The summed E-state index contributed by atoms with van der Waals surface area (Å²) in [5, 5.41) is 3.85. The lowest BCUT2D eigenvalue weighted by atomic mass is 10.1. The van der Waals surface area contributed by atoms with Gasteiger partial charge in [0.05, 0.1) is 31.8 Å². The van der Waals surface area contributed by atoms with Crippen LogP contribution in [-0.2, 0) is 13.0 Å². The molecule has 0 saturated carbocycles. The van der Waals surface area contributed by atoms with E-state index in [2.05, 4.69) is 30.4 Å². The molecule has 1 aliphatic rings. The first-order chi connectivity index (χ1) is 14.9. The molecule has 0 fully saturated rings. The van der Waals surface area contributed by atoms with Crippen molar-refractivity contribution in [3.05, 3.63) is 63.6 Å². The largest absolute Gasteiger partial charge is 0.493 e. The predicted molar refractivity (Wildman–Crippen MR) is 118 cm³/mol. The van der Waals surface area contributed by atoms with Gasteiger partial charge in [0.2, 0.25) is 0 Å². The summed E-state index contributed by atoms with van der Waals surface area (Å²) in [6.45, 7) is 4.36. The molecule has 31 heavy (non-hydrogen) atoms. The fraction of sp³-hybridized carbons (Fsp3) is 0.333.